The minimum absolute atomic E-state index is 0.172. The molecule has 6 nitrogen and oxygen atoms in total. The van der Waals surface area contributed by atoms with Gasteiger partial charge in [-0.1, -0.05) is 36.5 Å². The lowest BCUT2D eigenvalue weighted by Gasteiger charge is -2.29. The average Bonchev–Trinajstić information content (AvgIpc) is 2.99. The number of amides is 3. The van der Waals surface area contributed by atoms with Gasteiger partial charge in [-0.25, -0.2) is 0 Å². The number of rotatable bonds is 5. The molecule has 2 aliphatic heterocycles. The molecule has 1 saturated heterocycles. The van der Waals surface area contributed by atoms with Crippen LogP contribution in [0.5, 0.6) is 0 Å². The van der Waals surface area contributed by atoms with Crippen LogP contribution in [-0.4, -0.2) is 28.7 Å². The zero-order valence-electron chi connectivity index (χ0n) is 16.0. The zero-order chi connectivity index (χ0) is 20.5. The Morgan fingerprint density at radius 3 is 2.76 bits per heavy atom. The number of anilines is 1. The quantitative estimate of drug-likeness (QED) is 0.586. The summed E-state index contributed by atoms with van der Waals surface area (Å²) >= 11 is 1.55. The second-order valence-corrected chi connectivity index (χ2v) is 8.32. The van der Waals surface area contributed by atoms with Gasteiger partial charge in [0.15, 0.2) is 0 Å². The molecule has 1 unspecified atom stereocenters. The van der Waals surface area contributed by atoms with Crippen LogP contribution in [0.3, 0.4) is 0 Å². The van der Waals surface area contributed by atoms with Crippen LogP contribution >= 0.6 is 11.8 Å². The number of carbonyl (C=O) groups is 3. The van der Waals surface area contributed by atoms with Gasteiger partial charge in [-0.15, -0.1) is 0 Å². The second-order valence-electron chi connectivity index (χ2n) is 7.19. The van der Waals surface area contributed by atoms with Gasteiger partial charge in [0.1, 0.15) is 6.04 Å². The fraction of sp³-hybridized carbons (Fsp3) is 0.227. The summed E-state index contributed by atoms with van der Waals surface area (Å²) in [6.45, 7) is 6.50. The maximum atomic E-state index is 12.8. The topological polar surface area (TPSA) is 78.5 Å². The molecular formula is C22H21N3O3S. The van der Waals surface area contributed by atoms with Gasteiger partial charge < -0.3 is 10.2 Å². The van der Waals surface area contributed by atoms with Crippen LogP contribution in [0.1, 0.15) is 34.3 Å². The molecule has 1 fully saturated rings. The van der Waals surface area contributed by atoms with Gasteiger partial charge in [-0.3, -0.25) is 19.7 Å². The molecule has 3 amide bonds. The van der Waals surface area contributed by atoms with Crippen molar-refractivity contribution in [2.45, 2.75) is 37.2 Å². The lowest BCUT2D eigenvalue weighted by Crippen LogP contribution is -2.52. The minimum Gasteiger partial charge on any atom is -0.350 e. The molecule has 2 heterocycles. The molecule has 2 aliphatic rings. The van der Waals surface area contributed by atoms with E-state index in [2.05, 4.69) is 30.2 Å². The van der Waals surface area contributed by atoms with E-state index in [0.717, 1.165) is 21.2 Å². The predicted molar refractivity (Wildman–Crippen MR) is 112 cm³/mol. The van der Waals surface area contributed by atoms with Gasteiger partial charge in [0, 0.05) is 29.1 Å². The minimum atomic E-state index is -0.601. The van der Waals surface area contributed by atoms with Crippen molar-refractivity contribution >= 4 is 35.2 Å². The third-order valence-corrected chi connectivity index (χ3v) is 6.16. The molecule has 0 aliphatic carbocycles. The van der Waals surface area contributed by atoms with E-state index >= 15 is 0 Å². The number of benzene rings is 2. The summed E-state index contributed by atoms with van der Waals surface area (Å²) in [5.74, 6) is -0.857. The zero-order valence-corrected chi connectivity index (χ0v) is 16.8. The van der Waals surface area contributed by atoms with Crippen LogP contribution in [0, 0.1) is 6.92 Å². The molecule has 148 valence electrons. The van der Waals surface area contributed by atoms with E-state index < -0.39 is 11.9 Å². The standard InChI is InChI=1S/C22H21N3O3S/c1-13-5-3-4-6-19(13)29-14(2)23-16-7-8-17-15(11-16)12-25(22(17)28)18-9-10-20(26)24-21(18)27/h3-8,11,18,23H,2,9-10,12H2,1H3,(H,24,26,27). The molecule has 2 aromatic rings. The van der Waals surface area contributed by atoms with Gasteiger partial charge in [0.05, 0.1) is 5.03 Å². The van der Waals surface area contributed by atoms with E-state index in [4.69, 9.17) is 0 Å². The van der Waals surface area contributed by atoms with Crippen LogP contribution in [0.15, 0.2) is 59.0 Å². The molecule has 0 saturated carbocycles. The molecule has 29 heavy (non-hydrogen) atoms. The number of thioether (sulfide) groups is 1. The largest absolute Gasteiger partial charge is 0.350 e. The highest BCUT2D eigenvalue weighted by Gasteiger charge is 2.39. The normalized spacial score (nSPS) is 18.4. The third-order valence-electron chi connectivity index (χ3n) is 5.13. The van der Waals surface area contributed by atoms with Crippen molar-refractivity contribution in [3.05, 3.63) is 70.8 Å². The first-order chi connectivity index (χ1) is 13.9. The fourth-order valence-corrected chi connectivity index (χ4v) is 4.45. The third kappa shape index (κ3) is 3.91. The Balaban J connectivity index is 1.46. The molecule has 0 bridgehead atoms. The molecule has 0 spiro atoms. The Labute approximate surface area is 173 Å². The summed E-state index contributed by atoms with van der Waals surface area (Å²) in [4.78, 5) is 39.0. The number of hydrogen-bond donors (Lipinski definition) is 2. The molecule has 0 aromatic heterocycles. The highest BCUT2D eigenvalue weighted by molar-refractivity contribution is 8.03. The number of nitrogens with zero attached hydrogens (tertiary/aromatic N) is 1. The van der Waals surface area contributed by atoms with Crippen LogP contribution in [-0.2, 0) is 16.1 Å². The number of fused-ring (bicyclic) bond motifs is 1. The number of hydrogen-bond acceptors (Lipinski definition) is 5. The summed E-state index contributed by atoms with van der Waals surface area (Å²) in [5, 5.41) is 6.39. The summed E-state index contributed by atoms with van der Waals surface area (Å²) in [5.41, 5.74) is 3.48. The van der Waals surface area contributed by atoms with Crippen molar-refractivity contribution < 1.29 is 14.4 Å². The number of carbonyl (C=O) groups excluding carboxylic acids is 3. The summed E-state index contributed by atoms with van der Waals surface area (Å²) in [6.07, 6.45) is 0.610. The summed E-state index contributed by atoms with van der Waals surface area (Å²) in [7, 11) is 0. The van der Waals surface area contributed by atoms with Crippen LogP contribution < -0.4 is 10.6 Å². The fourth-order valence-electron chi connectivity index (χ4n) is 3.64. The Bertz CT molecular complexity index is 1030. The van der Waals surface area contributed by atoms with E-state index in [9.17, 15) is 14.4 Å². The van der Waals surface area contributed by atoms with E-state index in [-0.39, 0.29) is 18.2 Å². The number of piperidine rings is 1. The maximum absolute atomic E-state index is 12.8. The Hall–Kier alpha value is -3.06. The smallest absolute Gasteiger partial charge is 0.255 e. The molecule has 2 N–H and O–H groups in total. The molecule has 0 radical (unpaired) electrons. The molecule has 4 rings (SSSR count). The first-order valence-corrected chi connectivity index (χ1v) is 10.2. The lowest BCUT2D eigenvalue weighted by molar-refractivity contribution is -0.136. The number of aryl methyl sites for hydroxylation is 1. The summed E-state index contributed by atoms with van der Waals surface area (Å²) < 4.78 is 0. The SMILES string of the molecule is C=C(Nc1ccc2c(c1)CN(C1CCC(=O)NC1=O)C2=O)Sc1ccccc1C. The van der Waals surface area contributed by atoms with Crippen molar-refractivity contribution in [3.63, 3.8) is 0 Å². The van der Waals surface area contributed by atoms with Crippen molar-refractivity contribution in [3.8, 4) is 0 Å². The lowest BCUT2D eigenvalue weighted by atomic mass is 10.0. The van der Waals surface area contributed by atoms with Crippen molar-refractivity contribution in [2.75, 3.05) is 5.32 Å². The molecule has 1 atom stereocenters. The van der Waals surface area contributed by atoms with Gasteiger partial charge >= 0.3 is 0 Å². The Morgan fingerprint density at radius 1 is 1.21 bits per heavy atom. The Kier molecular flexibility index (Phi) is 5.15. The maximum Gasteiger partial charge on any atom is 0.255 e. The molecule has 7 heteroatoms. The first-order valence-electron chi connectivity index (χ1n) is 9.39. The van der Waals surface area contributed by atoms with E-state index in [1.54, 1.807) is 22.7 Å². The van der Waals surface area contributed by atoms with E-state index in [0.29, 0.717) is 18.5 Å². The van der Waals surface area contributed by atoms with Crippen LogP contribution in [0.25, 0.3) is 0 Å². The number of nitrogens with one attached hydrogen (secondary N) is 2. The average molecular weight is 407 g/mol. The molecular weight excluding hydrogens is 386 g/mol. The summed E-state index contributed by atoms with van der Waals surface area (Å²) in [6, 6.07) is 13.0. The highest BCUT2D eigenvalue weighted by atomic mass is 32.2. The van der Waals surface area contributed by atoms with Crippen LogP contribution in [0.4, 0.5) is 5.69 Å². The van der Waals surface area contributed by atoms with Gasteiger partial charge in [-0.2, -0.15) is 0 Å². The second kappa shape index (κ2) is 7.75. The van der Waals surface area contributed by atoms with Gasteiger partial charge in [0.2, 0.25) is 11.8 Å². The van der Waals surface area contributed by atoms with Crippen molar-refractivity contribution in [1.82, 2.24) is 10.2 Å². The van der Waals surface area contributed by atoms with E-state index in [1.807, 2.05) is 30.3 Å². The predicted octanol–water partition coefficient (Wildman–Crippen LogP) is 3.43. The van der Waals surface area contributed by atoms with Crippen LogP contribution in [0.2, 0.25) is 0 Å². The number of imide groups is 1. The first kappa shape index (κ1) is 19.3. The van der Waals surface area contributed by atoms with Crippen molar-refractivity contribution in [1.29, 1.82) is 0 Å². The monoisotopic (exact) mass is 407 g/mol. The van der Waals surface area contributed by atoms with E-state index in [1.165, 1.54) is 5.56 Å². The van der Waals surface area contributed by atoms with Gasteiger partial charge in [0.25, 0.3) is 5.91 Å². The molecule has 2 aromatic carbocycles. The Morgan fingerprint density at radius 2 is 2.00 bits per heavy atom. The van der Waals surface area contributed by atoms with Gasteiger partial charge in [-0.05, 0) is 48.7 Å². The van der Waals surface area contributed by atoms with Crippen molar-refractivity contribution in [2.24, 2.45) is 0 Å². The highest BCUT2D eigenvalue weighted by Crippen LogP contribution is 2.32.